The molecule has 2 nitrogen and oxygen atoms in total. The van der Waals surface area contributed by atoms with E-state index in [0.717, 1.165) is 11.1 Å². The van der Waals surface area contributed by atoms with E-state index in [-0.39, 0.29) is 0 Å². The third kappa shape index (κ3) is 2.16. The molecule has 1 aromatic rings. The highest BCUT2D eigenvalue weighted by atomic mass is 32.2. The minimum atomic E-state index is -2.02. The minimum absolute atomic E-state index is 0.412. The van der Waals surface area contributed by atoms with Gasteiger partial charge in [0.2, 0.25) is 0 Å². The second-order valence-electron chi connectivity index (χ2n) is 2.82. The van der Waals surface area contributed by atoms with E-state index in [1.54, 1.807) is 6.92 Å². The summed E-state index contributed by atoms with van der Waals surface area (Å²) in [5.41, 5.74) is 1.94. The van der Waals surface area contributed by atoms with Gasteiger partial charge in [0.25, 0.3) is 0 Å². The van der Waals surface area contributed by atoms with E-state index >= 15 is 0 Å². The lowest BCUT2D eigenvalue weighted by Crippen LogP contribution is -2.00. The lowest BCUT2D eigenvalue weighted by Gasteiger charge is -2.15. The van der Waals surface area contributed by atoms with Crippen LogP contribution in [0, 0.1) is 6.92 Å². The molecule has 66 valence electrons. The van der Waals surface area contributed by atoms with Gasteiger partial charge in [-0.15, -0.1) is 0 Å². The predicted octanol–water partition coefficient (Wildman–Crippen LogP) is 1.94. The number of aryl methyl sites for hydroxylation is 1. The number of hydrogen-bond acceptors (Lipinski definition) is 2. The van der Waals surface area contributed by atoms with Gasteiger partial charge in [0.15, 0.2) is 0 Å². The molecular formula is C9H11O2S-. The van der Waals surface area contributed by atoms with Gasteiger partial charge in [0.1, 0.15) is 0 Å². The fraction of sp³-hybridized carbons (Fsp3) is 0.333. The molecule has 0 bridgehead atoms. The quantitative estimate of drug-likeness (QED) is 0.657. The number of rotatable bonds is 2. The molecule has 0 fully saturated rings. The molecule has 0 aromatic heterocycles. The Hall–Kier alpha value is -0.670. The summed E-state index contributed by atoms with van der Waals surface area (Å²) in [5, 5.41) is -0.412. The Morgan fingerprint density at radius 2 is 2.17 bits per heavy atom. The zero-order chi connectivity index (χ0) is 9.14. The Balaban J connectivity index is 2.95. The maximum atomic E-state index is 10.6. The first kappa shape index (κ1) is 9.42. The van der Waals surface area contributed by atoms with Crippen LogP contribution in [0.25, 0.3) is 0 Å². The van der Waals surface area contributed by atoms with E-state index in [1.807, 2.05) is 31.2 Å². The van der Waals surface area contributed by atoms with Crippen LogP contribution >= 0.6 is 0 Å². The molecule has 0 amide bonds. The molecular weight excluding hydrogens is 172 g/mol. The summed E-state index contributed by atoms with van der Waals surface area (Å²) >= 11 is -2.02. The van der Waals surface area contributed by atoms with Gasteiger partial charge in [0.05, 0.1) is 0 Å². The Bertz CT molecular complexity index is 296. The molecule has 0 radical (unpaired) electrons. The van der Waals surface area contributed by atoms with Crippen molar-refractivity contribution in [2.75, 3.05) is 0 Å². The largest absolute Gasteiger partial charge is 0.772 e. The molecule has 0 aliphatic rings. The molecule has 12 heavy (non-hydrogen) atoms. The standard InChI is InChI=1S/C9H12O2S/c1-7-4-3-5-9(6-7)8(2)12(10)11/h3-6,8H,1-2H3,(H,10,11)/p-1/t8-/m1/s1. The van der Waals surface area contributed by atoms with Crippen LogP contribution in [-0.2, 0) is 11.1 Å². The lowest BCUT2D eigenvalue weighted by molar-refractivity contribution is 0.527. The predicted molar refractivity (Wildman–Crippen MR) is 48.5 cm³/mol. The Labute approximate surface area is 74.9 Å². The highest BCUT2D eigenvalue weighted by molar-refractivity contribution is 7.79. The Morgan fingerprint density at radius 1 is 1.50 bits per heavy atom. The average Bonchev–Trinajstić information content (AvgIpc) is 2.03. The van der Waals surface area contributed by atoms with Crippen molar-refractivity contribution < 1.29 is 8.76 Å². The molecule has 1 rings (SSSR count). The molecule has 1 aromatic carbocycles. The van der Waals surface area contributed by atoms with Gasteiger partial charge in [-0.1, -0.05) is 29.8 Å². The fourth-order valence-corrected chi connectivity index (χ4v) is 1.40. The fourth-order valence-electron chi connectivity index (χ4n) is 1.03. The molecule has 0 heterocycles. The first-order chi connectivity index (χ1) is 5.61. The average molecular weight is 183 g/mol. The molecule has 0 N–H and O–H groups in total. The van der Waals surface area contributed by atoms with Crippen LogP contribution < -0.4 is 0 Å². The first-order valence-corrected chi connectivity index (χ1v) is 4.89. The summed E-state index contributed by atoms with van der Waals surface area (Å²) in [6.45, 7) is 3.63. The summed E-state index contributed by atoms with van der Waals surface area (Å²) in [6.07, 6.45) is 0. The molecule has 0 aliphatic carbocycles. The molecule has 3 heteroatoms. The van der Waals surface area contributed by atoms with E-state index in [9.17, 15) is 8.76 Å². The highest BCUT2D eigenvalue weighted by Crippen LogP contribution is 2.18. The van der Waals surface area contributed by atoms with E-state index in [1.165, 1.54) is 0 Å². The third-order valence-corrected chi connectivity index (χ3v) is 2.65. The van der Waals surface area contributed by atoms with Gasteiger partial charge in [-0.25, -0.2) is 0 Å². The van der Waals surface area contributed by atoms with Crippen molar-refractivity contribution in [1.82, 2.24) is 0 Å². The van der Waals surface area contributed by atoms with Gasteiger partial charge >= 0.3 is 0 Å². The van der Waals surface area contributed by atoms with Crippen LogP contribution in [0.3, 0.4) is 0 Å². The molecule has 0 spiro atoms. The lowest BCUT2D eigenvalue weighted by atomic mass is 10.1. The van der Waals surface area contributed by atoms with Gasteiger partial charge < -0.3 is 4.55 Å². The Morgan fingerprint density at radius 3 is 2.67 bits per heavy atom. The SMILES string of the molecule is Cc1cccc([C@@H](C)S(=O)[O-])c1. The summed E-state index contributed by atoms with van der Waals surface area (Å²) in [6, 6.07) is 7.53. The van der Waals surface area contributed by atoms with E-state index < -0.39 is 16.3 Å². The van der Waals surface area contributed by atoms with Gasteiger partial charge in [-0.2, -0.15) is 0 Å². The van der Waals surface area contributed by atoms with Crippen molar-refractivity contribution in [3.8, 4) is 0 Å². The zero-order valence-corrected chi connectivity index (χ0v) is 7.93. The van der Waals surface area contributed by atoms with E-state index in [4.69, 9.17) is 0 Å². The van der Waals surface area contributed by atoms with Crippen LogP contribution in [0.5, 0.6) is 0 Å². The van der Waals surface area contributed by atoms with Crippen molar-refractivity contribution in [2.45, 2.75) is 19.1 Å². The maximum Gasteiger partial charge on any atom is 0.0437 e. The van der Waals surface area contributed by atoms with Gasteiger partial charge in [-0.3, -0.25) is 4.21 Å². The zero-order valence-electron chi connectivity index (χ0n) is 7.11. The van der Waals surface area contributed by atoms with E-state index in [2.05, 4.69) is 0 Å². The molecule has 0 saturated carbocycles. The van der Waals surface area contributed by atoms with Crippen molar-refractivity contribution in [1.29, 1.82) is 0 Å². The van der Waals surface area contributed by atoms with Crippen LogP contribution in [0.4, 0.5) is 0 Å². The normalized spacial score (nSPS) is 15.6. The minimum Gasteiger partial charge on any atom is -0.772 e. The summed E-state index contributed by atoms with van der Waals surface area (Å²) in [7, 11) is 0. The highest BCUT2D eigenvalue weighted by Gasteiger charge is 2.04. The van der Waals surface area contributed by atoms with Crippen molar-refractivity contribution >= 4 is 11.1 Å². The molecule has 2 atom stereocenters. The summed E-state index contributed by atoms with van der Waals surface area (Å²) in [5.74, 6) is 0. The summed E-state index contributed by atoms with van der Waals surface area (Å²) < 4.78 is 21.2. The van der Waals surface area contributed by atoms with Crippen LogP contribution in [0.2, 0.25) is 0 Å². The molecule has 1 unspecified atom stereocenters. The third-order valence-electron chi connectivity index (χ3n) is 1.80. The van der Waals surface area contributed by atoms with Crippen LogP contribution in [-0.4, -0.2) is 8.76 Å². The van der Waals surface area contributed by atoms with Crippen LogP contribution in [0.15, 0.2) is 24.3 Å². The smallest absolute Gasteiger partial charge is 0.0437 e. The molecule has 0 aliphatic heterocycles. The number of benzene rings is 1. The van der Waals surface area contributed by atoms with Crippen molar-refractivity contribution in [3.05, 3.63) is 35.4 Å². The topological polar surface area (TPSA) is 40.1 Å². The van der Waals surface area contributed by atoms with Crippen LogP contribution in [0.1, 0.15) is 23.3 Å². The van der Waals surface area contributed by atoms with Crippen molar-refractivity contribution in [3.63, 3.8) is 0 Å². The van der Waals surface area contributed by atoms with Crippen molar-refractivity contribution in [2.24, 2.45) is 0 Å². The second-order valence-corrected chi connectivity index (χ2v) is 4.04. The first-order valence-electron chi connectivity index (χ1n) is 3.76. The summed E-state index contributed by atoms with van der Waals surface area (Å²) in [4.78, 5) is 0. The second kappa shape index (κ2) is 3.83. The Kier molecular flexibility index (Phi) is 3.00. The van der Waals surface area contributed by atoms with E-state index in [0.29, 0.717) is 0 Å². The number of hydrogen-bond donors (Lipinski definition) is 0. The molecule has 0 saturated heterocycles. The maximum absolute atomic E-state index is 10.6. The van der Waals surface area contributed by atoms with Gasteiger partial charge in [0, 0.05) is 5.25 Å². The van der Waals surface area contributed by atoms with Gasteiger partial charge in [-0.05, 0) is 30.5 Å². The monoisotopic (exact) mass is 183 g/mol.